The Bertz CT molecular complexity index is 1080. The fourth-order valence-corrected chi connectivity index (χ4v) is 4.31. The quantitative estimate of drug-likeness (QED) is 0.234. The lowest BCUT2D eigenvalue weighted by Gasteiger charge is -2.24. The number of benzene rings is 3. The van der Waals surface area contributed by atoms with Gasteiger partial charge in [0.05, 0.1) is 11.7 Å². The van der Waals surface area contributed by atoms with Gasteiger partial charge in [0, 0.05) is 30.1 Å². The molecule has 0 heterocycles. The molecule has 0 saturated heterocycles. The Labute approximate surface area is 216 Å². The Balaban J connectivity index is 0.00000222. The molecule has 0 aliphatic carbocycles. The monoisotopic (exact) mass is 516 g/mol. The molecular formula is C28H34F2N2O3S. The zero-order valence-electron chi connectivity index (χ0n) is 20.8. The highest BCUT2D eigenvalue weighted by atomic mass is 32.2. The zero-order valence-corrected chi connectivity index (χ0v) is 21.6. The lowest BCUT2D eigenvalue weighted by atomic mass is 10.0. The van der Waals surface area contributed by atoms with Crippen LogP contribution in [0.4, 0.5) is 8.78 Å². The first-order valence-corrected chi connectivity index (χ1v) is 12.8. The number of aromatic carboxylic acids is 1. The van der Waals surface area contributed by atoms with Crippen molar-refractivity contribution < 1.29 is 23.8 Å². The van der Waals surface area contributed by atoms with Crippen LogP contribution in [0.3, 0.4) is 0 Å². The van der Waals surface area contributed by atoms with E-state index < -0.39 is 29.7 Å². The minimum atomic E-state index is -1.01. The summed E-state index contributed by atoms with van der Waals surface area (Å²) in [7, 11) is 0. The minimum absolute atomic E-state index is 0.174. The fourth-order valence-electron chi connectivity index (χ4n) is 3.51. The van der Waals surface area contributed by atoms with E-state index in [1.807, 2.05) is 26.0 Å². The highest BCUT2D eigenvalue weighted by Gasteiger charge is 2.21. The second-order valence-corrected chi connectivity index (χ2v) is 8.92. The van der Waals surface area contributed by atoms with Gasteiger partial charge < -0.3 is 15.5 Å². The Hall–Kier alpha value is -2.78. The normalized spacial score (nSPS) is 12.4. The highest BCUT2D eigenvalue weighted by Crippen LogP contribution is 2.19. The van der Waals surface area contributed by atoms with E-state index in [-0.39, 0.29) is 18.5 Å². The van der Waals surface area contributed by atoms with Crippen molar-refractivity contribution in [2.45, 2.75) is 57.2 Å². The Kier molecular flexibility index (Phi) is 12.6. The van der Waals surface area contributed by atoms with Gasteiger partial charge in [-0.2, -0.15) is 0 Å². The van der Waals surface area contributed by atoms with Gasteiger partial charge in [-0.3, -0.25) is 4.72 Å². The SMILES string of the molecule is CC.CCc1cccc(CNC[C@@H](O)[C@H](Cc2cc(F)cc(F)c2)NSc2ccc(C(=O)O)cc2)c1. The lowest BCUT2D eigenvalue weighted by Crippen LogP contribution is -2.44. The summed E-state index contributed by atoms with van der Waals surface area (Å²) >= 11 is 1.22. The third kappa shape index (κ3) is 9.70. The van der Waals surface area contributed by atoms with Crippen LogP contribution < -0.4 is 10.0 Å². The summed E-state index contributed by atoms with van der Waals surface area (Å²) in [5, 5.41) is 23.2. The molecule has 5 nitrogen and oxygen atoms in total. The highest BCUT2D eigenvalue weighted by molar-refractivity contribution is 7.97. The average Bonchev–Trinajstić information content (AvgIpc) is 2.87. The van der Waals surface area contributed by atoms with Crippen LogP contribution in [0.15, 0.2) is 71.6 Å². The number of aliphatic hydroxyl groups is 1. The van der Waals surface area contributed by atoms with Gasteiger partial charge in [0.1, 0.15) is 11.6 Å². The van der Waals surface area contributed by atoms with Crippen molar-refractivity contribution in [2.24, 2.45) is 0 Å². The Morgan fingerprint density at radius 2 is 1.58 bits per heavy atom. The van der Waals surface area contributed by atoms with Gasteiger partial charge in [0.15, 0.2) is 0 Å². The van der Waals surface area contributed by atoms with Crippen LogP contribution >= 0.6 is 11.9 Å². The number of aliphatic hydroxyl groups excluding tert-OH is 1. The Morgan fingerprint density at radius 1 is 0.944 bits per heavy atom. The summed E-state index contributed by atoms with van der Waals surface area (Å²) in [4.78, 5) is 11.8. The van der Waals surface area contributed by atoms with E-state index in [1.54, 1.807) is 12.1 Å². The molecule has 0 unspecified atom stereocenters. The number of carbonyl (C=O) groups is 1. The molecule has 0 bridgehead atoms. The van der Waals surface area contributed by atoms with E-state index >= 15 is 0 Å². The smallest absolute Gasteiger partial charge is 0.335 e. The lowest BCUT2D eigenvalue weighted by molar-refractivity contribution is 0.0696. The second kappa shape index (κ2) is 15.4. The summed E-state index contributed by atoms with van der Waals surface area (Å²) < 4.78 is 30.6. The van der Waals surface area contributed by atoms with E-state index in [4.69, 9.17) is 5.11 Å². The molecule has 3 rings (SSSR count). The van der Waals surface area contributed by atoms with Gasteiger partial charge in [0.25, 0.3) is 0 Å². The van der Waals surface area contributed by atoms with Crippen LogP contribution in [-0.2, 0) is 19.4 Å². The van der Waals surface area contributed by atoms with Crippen molar-refractivity contribution in [1.29, 1.82) is 0 Å². The largest absolute Gasteiger partial charge is 0.478 e. The standard InChI is InChI=1S/C26H28F2N2O3S.C2H6/c1-2-17-4-3-5-18(10-17)15-29-16-25(31)24(13-19-11-21(27)14-22(28)12-19)30-34-23-8-6-20(7-9-23)26(32)33;1-2/h3-12,14,24-25,29-31H,2,13,15-16H2,1H3,(H,32,33);1-2H3/t24-,25+;/m0./s1. The van der Waals surface area contributed by atoms with Gasteiger partial charge in [0.2, 0.25) is 0 Å². The first-order chi connectivity index (χ1) is 17.3. The zero-order chi connectivity index (χ0) is 26.5. The number of carboxylic acids is 1. The number of nitrogens with one attached hydrogen (secondary N) is 2. The predicted molar refractivity (Wildman–Crippen MR) is 141 cm³/mol. The van der Waals surface area contributed by atoms with Crippen molar-refractivity contribution >= 4 is 17.9 Å². The van der Waals surface area contributed by atoms with Gasteiger partial charge >= 0.3 is 5.97 Å². The Morgan fingerprint density at radius 3 is 2.19 bits per heavy atom. The van der Waals surface area contributed by atoms with Crippen LogP contribution in [0, 0.1) is 11.6 Å². The molecule has 0 radical (unpaired) electrons. The molecule has 2 atom stereocenters. The summed E-state index contributed by atoms with van der Waals surface area (Å²) in [6.07, 6.45) is 0.284. The first-order valence-electron chi connectivity index (χ1n) is 12.0. The van der Waals surface area contributed by atoms with Crippen molar-refractivity contribution in [3.63, 3.8) is 0 Å². The maximum absolute atomic E-state index is 13.7. The van der Waals surface area contributed by atoms with E-state index in [2.05, 4.69) is 29.1 Å². The van der Waals surface area contributed by atoms with E-state index in [0.29, 0.717) is 12.1 Å². The molecule has 36 heavy (non-hydrogen) atoms. The maximum Gasteiger partial charge on any atom is 0.335 e. The molecule has 0 fully saturated rings. The van der Waals surface area contributed by atoms with Crippen molar-refractivity contribution in [2.75, 3.05) is 6.54 Å². The van der Waals surface area contributed by atoms with Crippen LogP contribution in [0.1, 0.15) is 47.8 Å². The molecule has 194 valence electrons. The molecule has 0 amide bonds. The second-order valence-electron chi connectivity index (χ2n) is 8.01. The minimum Gasteiger partial charge on any atom is -0.478 e. The number of aryl methyl sites for hydroxylation is 1. The summed E-state index contributed by atoms with van der Waals surface area (Å²) in [6, 6.07) is 17.3. The van der Waals surface area contributed by atoms with Crippen molar-refractivity contribution in [1.82, 2.24) is 10.0 Å². The van der Waals surface area contributed by atoms with E-state index in [9.17, 15) is 18.7 Å². The van der Waals surface area contributed by atoms with Crippen molar-refractivity contribution in [3.8, 4) is 0 Å². The van der Waals surface area contributed by atoms with Crippen LogP contribution in [-0.4, -0.2) is 34.9 Å². The van der Waals surface area contributed by atoms with E-state index in [1.165, 1.54) is 41.8 Å². The molecule has 3 aromatic rings. The van der Waals surface area contributed by atoms with Crippen LogP contribution in [0.2, 0.25) is 0 Å². The molecule has 0 aromatic heterocycles. The summed E-state index contributed by atoms with van der Waals surface area (Å²) in [6.45, 7) is 6.94. The summed E-state index contributed by atoms with van der Waals surface area (Å²) in [5.74, 6) is -2.36. The number of hydrogen-bond donors (Lipinski definition) is 4. The van der Waals surface area contributed by atoms with Gasteiger partial charge in [-0.1, -0.05) is 45.0 Å². The molecule has 0 spiro atoms. The molecule has 0 saturated carbocycles. The van der Waals surface area contributed by atoms with Gasteiger partial charge in [-0.15, -0.1) is 0 Å². The third-order valence-corrected chi connectivity index (χ3v) is 6.28. The molecule has 3 aromatic carbocycles. The summed E-state index contributed by atoms with van der Waals surface area (Å²) in [5.41, 5.74) is 2.94. The fraction of sp³-hybridized carbons (Fsp3) is 0.321. The number of halogens is 2. The molecule has 0 aliphatic rings. The molecule has 4 N–H and O–H groups in total. The third-order valence-electron chi connectivity index (χ3n) is 5.35. The van der Waals surface area contributed by atoms with Gasteiger partial charge in [-0.25, -0.2) is 13.6 Å². The number of carboxylic acid groups (broad SMARTS) is 1. The number of rotatable bonds is 12. The van der Waals surface area contributed by atoms with Crippen LogP contribution in [0.5, 0.6) is 0 Å². The van der Waals surface area contributed by atoms with E-state index in [0.717, 1.165) is 22.9 Å². The average molecular weight is 517 g/mol. The first kappa shape index (κ1) is 29.5. The molecule has 0 aliphatic heterocycles. The van der Waals surface area contributed by atoms with Gasteiger partial charge in [-0.05, 0) is 77.9 Å². The van der Waals surface area contributed by atoms with Crippen LogP contribution in [0.25, 0.3) is 0 Å². The molecule has 8 heteroatoms. The predicted octanol–water partition coefficient (Wildman–Crippen LogP) is 5.61. The maximum atomic E-state index is 13.7. The molecular weight excluding hydrogens is 482 g/mol. The topological polar surface area (TPSA) is 81.6 Å². The number of hydrogen-bond acceptors (Lipinski definition) is 5. The van der Waals surface area contributed by atoms with Crippen molar-refractivity contribution in [3.05, 3.63) is 101 Å².